The summed E-state index contributed by atoms with van der Waals surface area (Å²) in [5.41, 5.74) is 2.09. The molecule has 3 aliphatic rings. The van der Waals surface area contributed by atoms with Crippen molar-refractivity contribution in [3.05, 3.63) is 12.2 Å². The molecule has 0 aromatic heterocycles. The quantitative estimate of drug-likeness (QED) is 0.734. The van der Waals surface area contributed by atoms with E-state index in [1.54, 1.807) is 6.07 Å². The third-order valence-corrected chi connectivity index (χ3v) is 7.74. The maximum absolute atomic E-state index is 9.94. The Labute approximate surface area is 147 Å². The summed E-state index contributed by atoms with van der Waals surface area (Å²) < 4.78 is 0. The zero-order chi connectivity index (χ0) is 18.0. The molecule has 0 aliphatic heterocycles. The molecule has 0 radical (unpaired) electrons. The van der Waals surface area contributed by atoms with Crippen molar-refractivity contribution in [3.63, 3.8) is 0 Å². The highest BCUT2D eigenvalue weighted by Crippen LogP contribution is 2.61. The Balaban J connectivity index is 0.000000647. The van der Waals surface area contributed by atoms with Gasteiger partial charge in [0.2, 0.25) is 0 Å². The van der Waals surface area contributed by atoms with E-state index >= 15 is 0 Å². The van der Waals surface area contributed by atoms with Crippen LogP contribution in [0.25, 0.3) is 0 Å². The Hall–Kier alpha value is -0.850. The lowest BCUT2D eigenvalue weighted by molar-refractivity contribution is -0.0661. The summed E-state index contributed by atoms with van der Waals surface area (Å²) >= 11 is 0. The number of rotatable bonds is 2. The Morgan fingerprint density at radius 1 is 1.17 bits per heavy atom. The van der Waals surface area contributed by atoms with Crippen LogP contribution >= 0.6 is 0 Å². The maximum Gasteiger partial charge on any atom is 0.0587 e. The standard InChI is InChI=1S/C19H32O2.C2H3N/c1-13-4-5-14-10-15(6-8-18(13,14)2)19(3)9-7-17(21)11-16(19)12-20;1-2-3/h14-17,20-21H,1,4-12H2,2-3H3;1H3. The van der Waals surface area contributed by atoms with Crippen molar-refractivity contribution in [2.45, 2.75) is 78.2 Å². The molecule has 0 aromatic carbocycles. The Morgan fingerprint density at radius 2 is 1.83 bits per heavy atom. The first-order valence-electron chi connectivity index (χ1n) is 9.59. The van der Waals surface area contributed by atoms with Crippen LogP contribution in [0, 0.1) is 39.9 Å². The predicted molar refractivity (Wildman–Crippen MR) is 97.1 cm³/mol. The molecule has 0 bridgehead atoms. The summed E-state index contributed by atoms with van der Waals surface area (Å²) in [5.74, 6) is 1.79. The van der Waals surface area contributed by atoms with Gasteiger partial charge in [-0.15, -0.1) is 0 Å². The van der Waals surface area contributed by atoms with Gasteiger partial charge >= 0.3 is 0 Å². The number of allylic oxidation sites excluding steroid dienone is 1. The molecule has 3 fully saturated rings. The molecular formula is C21H35NO2. The second-order valence-corrected chi connectivity index (χ2v) is 8.77. The molecule has 3 saturated carbocycles. The summed E-state index contributed by atoms with van der Waals surface area (Å²) in [6.07, 6.45) is 8.96. The van der Waals surface area contributed by atoms with Crippen LogP contribution in [0.2, 0.25) is 0 Å². The second-order valence-electron chi connectivity index (χ2n) is 8.77. The first-order chi connectivity index (χ1) is 11.3. The van der Waals surface area contributed by atoms with Gasteiger partial charge in [0.15, 0.2) is 0 Å². The monoisotopic (exact) mass is 333 g/mol. The molecule has 3 heteroatoms. The Morgan fingerprint density at radius 3 is 2.46 bits per heavy atom. The normalized spacial score (nSPS) is 44.9. The van der Waals surface area contributed by atoms with E-state index in [0.717, 1.165) is 25.2 Å². The van der Waals surface area contributed by atoms with Crippen LogP contribution in [0.15, 0.2) is 12.2 Å². The van der Waals surface area contributed by atoms with E-state index in [4.69, 9.17) is 5.26 Å². The third kappa shape index (κ3) is 3.41. The van der Waals surface area contributed by atoms with Crippen LogP contribution in [0.1, 0.15) is 72.1 Å². The zero-order valence-corrected chi connectivity index (χ0v) is 15.7. The van der Waals surface area contributed by atoms with Crippen molar-refractivity contribution in [3.8, 4) is 6.07 Å². The van der Waals surface area contributed by atoms with Crippen LogP contribution in [-0.2, 0) is 0 Å². The van der Waals surface area contributed by atoms with E-state index in [0.29, 0.717) is 11.3 Å². The van der Waals surface area contributed by atoms with Crippen LogP contribution in [0.5, 0.6) is 0 Å². The molecule has 0 amide bonds. The largest absolute Gasteiger partial charge is 0.396 e. The molecule has 6 unspecified atom stereocenters. The number of aliphatic hydroxyl groups is 2. The smallest absolute Gasteiger partial charge is 0.0587 e. The highest BCUT2D eigenvalue weighted by atomic mass is 16.3. The van der Waals surface area contributed by atoms with Crippen molar-refractivity contribution < 1.29 is 10.2 Å². The molecule has 6 atom stereocenters. The summed E-state index contributed by atoms with van der Waals surface area (Å²) in [4.78, 5) is 0. The minimum absolute atomic E-state index is 0.199. The van der Waals surface area contributed by atoms with Crippen LogP contribution in [0.3, 0.4) is 0 Å². The second kappa shape index (κ2) is 7.58. The summed E-state index contributed by atoms with van der Waals surface area (Å²) in [6.45, 7) is 10.8. The van der Waals surface area contributed by atoms with Gasteiger partial charge in [-0.2, -0.15) is 5.26 Å². The average molecular weight is 334 g/mol. The highest BCUT2D eigenvalue weighted by Gasteiger charge is 2.51. The van der Waals surface area contributed by atoms with Gasteiger partial charge in [0.1, 0.15) is 0 Å². The minimum atomic E-state index is -0.199. The van der Waals surface area contributed by atoms with E-state index in [2.05, 4.69) is 20.4 Å². The molecule has 0 spiro atoms. The molecule has 0 heterocycles. The number of hydrogen-bond acceptors (Lipinski definition) is 3. The first kappa shape index (κ1) is 19.5. The highest BCUT2D eigenvalue weighted by molar-refractivity contribution is 5.19. The van der Waals surface area contributed by atoms with Gasteiger partial charge in [-0.05, 0) is 80.0 Å². The lowest BCUT2D eigenvalue weighted by atomic mass is 9.53. The van der Waals surface area contributed by atoms with Gasteiger partial charge in [-0.3, -0.25) is 0 Å². The predicted octanol–water partition coefficient (Wildman–Crippen LogP) is 4.45. The van der Waals surface area contributed by atoms with Crippen molar-refractivity contribution in [1.29, 1.82) is 5.26 Å². The molecule has 0 saturated heterocycles. The van der Waals surface area contributed by atoms with Crippen molar-refractivity contribution in [1.82, 2.24) is 0 Å². The Kier molecular flexibility index (Phi) is 6.15. The fourth-order valence-corrected chi connectivity index (χ4v) is 5.75. The number of nitrogens with zero attached hydrogens (tertiary/aromatic N) is 1. The van der Waals surface area contributed by atoms with Crippen molar-refractivity contribution in [2.75, 3.05) is 6.61 Å². The number of fused-ring (bicyclic) bond motifs is 1. The topological polar surface area (TPSA) is 64.2 Å². The fraction of sp³-hybridized carbons (Fsp3) is 0.857. The lowest BCUT2D eigenvalue weighted by Gasteiger charge is -2.52. The molecule has 0 aromatic rings. The Bertz CT molecular complexity index is 497. The van der Waals surface area contributed by atoms with Gasteiger partial charge < -0.3 is 10.2 Å². The van der Waals surface area contributed by atoms with Gasteiger partial charge in [0, 0.05) is 13.5 Å². The number of aliphatic hydroxyl groups excluding tert-OH is 2. The van der Waals surface area contributed by atoms with Crippen LogP contribution in [-0.4, -0.2) is 22.9 Å². The van der Waals surface area contributed by atoms with E-state index in [9.17, 15) is 10.2 Å². The van der Waals surface area contributed by atoms with E-state index in [1.165, 1.54) is 44.6 Å². The van der Waals surface area contributed by atoms with Gasteiger partial charge in [0.05, 0.1) is 12.2 Å². The van der Waals surface area contributed by atoms with E-state index in [-0.39, 0.29) is 24.0 Å². The lowest BCUT2D eigenvalue weighted by Crippen LogP contribution is -2.46. The van der Waals surface area contributed by atoms with Gasteiger partial charge in [-0.25, -0.2) is 0 Å². The molecule has 24 heavy (non-hydrogen) atoms. The van der Waals surface area contributed by atoms with Gasteiger partial charge in [0.25, 0.3) is 0 Å². The zero-order valence-electron chi connectivity index (χ0n) is 15.7. The number of hydrogen-bond donors (Lipinski definition) is 2. The van der Waals surface area contributed by atoms with Crippen molar-refractivity contribution >= 4 is 0 Å². The maximum atomic E-state index is 9.94. The number of nitriles is 1. The third-order valence-electron chi connectivity index (χ3n) is 7.74. The average Bonchev–Trinajstić information content (AvgIpc) is 2.85. The SMILES string of the molecule is C=C1CCC2CC(C3(C)CCC(O)CC3CO)CCC12C.CC#N. The molecular weight excluding hydrogens is 298 g/mol. The first-order valence-corrected chi connectivity index (χ1v) is 9.59. The minimum Gasteiger partial charge on any atom is -0.396 e. The van der Waals surface area contributed by atoms with Crippen LogP contribution < -0.4 is 0 Å². The van der Waals surface area contributed by atoms with Crippen LogP contribution in [0.4, 0.5) is 0 Å². The van der Waals surface area contributed by atoms with Gasteiger partial charge in [-0.1, -0.05) is 26.0 Å². The molecule has 3 rings (SSSR count). The summed E-state index contributed by atoms with van der Waals surface area (Å²) in [6, 6.07) is 1.75. The summed E-state index contributed by atoms with van der Waals surface area (Å²) in [7, 11) is 0. The van der Waals surface area contributed by atoms with E-state index < -0.39 is 0 Å². The van der Waals surface area contributed by atoms with E-state index in [1.807, 2.05) is 0 Å². The molecule has 3 nitrogen and oxygen atoms in total. The van der Waals surface area contributed by atoms with Crippen molar-refractivity contribution in [2.24, 2.45) is 28.6 Å². The molecule has 3 aliphatic carbocycles. The fourth-order valence-electron chi connectivity index (χ4n) is 5.75. The summed E-state index contributed by atoms with van der Waals surface area (Å²) in [5, 5.41) is 27.1. The molecule has 2 N–H and O–H groups in total. The molecule has 136 valence electrons.